The van der Waals surface area contributed by atoms with E-state index in [0.29, 0.717) is 20.8 Å². The Bertz CT molecular complexity index is 1480. The number of nitrogens with zero attached hydrogens (tertiary/aromatic N) is 3. The van der Waals surface area contributed by atoms with Crippen LogP contribution in [0, 0.1) is 6.92 Å². The third kappa shape index (κ3) is 5.40. The van der Waals surface area contributed by atoms with E-state index in [-0.39, 0.29) is 5.57 Å². The van der Waals surface area contributed by atoms with Crippen molar-refractivity contribution < 1.29 is 14.7 Å². The normalized spacial score (nSPS) is 15.6. The number of ketones is 1. The molecule has 0 saturated heterocycles. The number of hydrogen-bond acceptors (Lipinski definition) is 7. The van der Waals surface area contributed by atoms with Crippen LogP contribution in [0.15, 0.2) is 107 Å². The number of rotatable bonds is 8. The van der Waals surface area contributed by atoms with Crippen LogP contribution in [0.5, 0.6) is 0 Å². The van der Waals surface area contributed by atoms with Gasteiger partial charge in [-0.2, -0.15) is 0 Å². The molecule has 1 aromatic heterocycles. The quantitative estimate of drug-likeness (QED) is 0.165. The summed E-state index contributed by atoms with van der Waals surface area (Å²) < 4.78 is 0.692. The highest BCUT2D eigenvalue weighted by Crippen LogP contribution is 2.43. The second-order valence-electron chi connectivity index (χ2n) is 8.48. The second-order valence-corrected chi connectivity index (χ2v) is 10.7. The number of allylic oxidation sites excluding steroid dienone is 1. The van der Waals surface area contributed by atoms with E-state index in [0.717, 1.165) is 16.7 Å². The van der Waals surface area contributed by atoms with Gasteiger partial charge in [-0.3, -0.25) is 14.5 Å². The maximum atomic E-state index is 13.3. The monoisotopic (exact) mass is 525 g/mol. The molecular weight excluding hydrogens is 502 g/mol. The highest BCUT2D eigenvalue weighted by Gasteiger charge is 2.45. The number of aliphatic hydroxyl groups excluding tert-OH is 1. The number of aromatic nitrogens is 2. The molecule has 5 rings (SSSR count). The topological polar surface area (TPSA) is 83.4 Å². The van der Waals surface area contributed by atoms with E-state index in [1.54, 1.807) is 6.08 Å². The maximum Gasteiger partial charge on any atom is 0.296 e. The van der Waals surface area contributed by atoms with Crippen molar-refractivity contribution in [3.8, 4) is 0 Å². The Hall–Kier alpha value is -4.01. The van der Waals surface area contributed by atoms with Crippen LogP contribution in [0.2, 0.25) is 0 Å². The zero-order valence-corrected chi connectivity index (χ0v) is 21.6. The van der Waals surface area contributed by atoms with E-state index in [4.69, 9.17) is 0 Å². The number of aryl methyl sites for hydroxylation is 1. The molecule has 1 aliphatic heterocycles. The Morgan fingerprint density at radius 1 is 1.00 bits per heavy atom. The minimum atomic E-state index is -0.819. The summed E-state index contributed by atoms with van der Waals surface area (Å²) >= 11 is 2.78. The lowest BCUT2D eigenvalue weighted by molar-refractivity contribution is -0.117. The SMILES string of the molecule is Cc1ccc(C2C(C(=O)/C=C/c3ccccc3)=C(O)C(=O)N2c2nnc(SCc3ccccc3)s2)cc1. The number of benzene rings is 3. The number of carbonyl (C=O) groups excluding carboxylic acids is 2. The fourth-order valence-electron chi connectivity index (χ4n) is 4.02. The highest BCUT2D eigenvalue weighted by atomic mass is 32.2. The molecule has 3 aromatic carbocycles. The number of amides is 1. The molecule has 4 aromatic rings. The molecule has 0 radical (unpaired) electrons. The van der Waals surface area contributed by atoms with Crippen molar-refractivity contribution in [1.82, 2.24) is 10.2 Å². The van der Waals surface area contributed by atoms with Gasteiger partial charge in [0.1, 0.15) is 0 Å². The van der Waals surface area contributed by atoms with Gasteiger partial charge in [-0.15, -0.1) is 10.2 Å². The Kier molecular flexibility index (Phi) is 7.30. The van der Waals surface area contributed by atoms with Crippen molar-refractivity contribution in [3.63, 3.8) is 0 Å². The fraction of sp³-hybridized carbons (Fsp3) is 0.103. The average Bonchev–Trinajstić information content (AvgIpc) is 3.50. The van der Waals surface area contributed by atoms with Gasteiger partial charge in [0, 0.05) is 5.75 Å². The Labute approximate surface area is 223 Å². The molecule has 0 spiro atoms. The van der Waals surface area contributed by atoms with Crippen LogP contribution in [-0.4, -0.2) is 27.0 Å². The van der Waals surface area contributed by atoms with Crippen LogP contribution < -0.4 is 4.90 Å². The van der Waals surface area contributed by atoms with Gasteiger partial charge in [0.2, 0.25) is 5.13 Å². The molecule has 184 valence electrons. The molecule has 1 N–H and O–H groups in total. The number of thioether (sulfide) groups is 1. The zero-order valence-electron chi connectivity index (χ0n) is 19.9. The van der Waals surface area contributed by atoms with Crippen molar-refractivity contribution in [2.24, 2.45) is 0 Å². The van der Waals surface area contributed by atoms with Crippen LogP contribution in [0.1, 0.15) is 28.3 Å². The first-order valence-electron chi connectivity index (χ1n) is 11.6. The van der Waals surface area contributed by atoms with Crippen LogP contribution in [-0.2, 0) is 15.3 Å². The van der Waals surface area contributed by atoms with Crippen molar-refractivity contribution in [1.29, 1.82) is 0 Å². The van der Waals surface area contributed by atoms with E-state index in [1.165, 1.54) is 34.1 Å². The van der Waals surface area contributed by atoms with Gasteiger partial charge in [0.05, 0.1) is 11.6 Å². The molecule has 8 heteroatoms. The number of hydrogen-bond donors (Lipinski definition) is 1. The van der Waals surface area contributed by atoms with E-state index >= 15 is 0 Å². The highest BCUT2D eigenvalue weighted by molar-refractivity contribution is 8.00. The molecule has 2 heterocycles. The van der Waals surface area contributed by atoms with Crippen molar-refractivity contribution in [2.75, 3.05) is 4.90 Å². The van der Waals surface area contributed by atoms with Crippen LogP contribution in [0.25, 0.3) is 6.08 Å². The summed E-state index contributed by atoms with van der Waals surface area (Å²) in [5.41, 5.74) is 3.76. The van der Waals surface area contributed by atoms with E-state index in [1.807, 2.05) is 91.9 Å². The summed E-state index contributed by atoms with van der Waals surface area (Å²) in [6.45, 7) is 1.96. The van der Waals surface area contributed by atoms with E-state index in [2.05, 4.69) is 10.2 Å². The fourth-order valence-corrected chi connectivity index (χ4v) is 5.85. The van der Waals surface area contributed by atoms with Gasteiger partial charge in [-0.05, 0) is 29.7 Å². The Balaban J connectivity index is 1.46. The minimum Gasteiger partial charge on any atom is -0.503 e. The summed E-state index contributed by atoms with van der Waals surface area (Å²) in [4.78, 5) is 28.0. The molecule has 0 aliphatic carbocycles. The zero-order chi connectivity index (χ0) is 25.8. The smallest absolute Gasteiger partial charge is 0.296 e. The van der Waals surface area contributed by atoms with Gasteiger partial charge in [0.15, 0.2) is 15.9 Å². The van der Waals surface area contributed by atoms with Crippen LogP contribution >= 0.6 is 23.1 Å². The summed E-state index contributed by atoms with van der Waals surface area (Å²) in [6.07, 6.45) is 3.06. The van der Waals surface area contributed by atoms with E-state index in [9.17, 15) is 14.7 Å². The molecule has 1 amide bonds. The number of anilines is 1. The Morgan fingerprint density at radius 3 is 2.38 bits per heavy atom. The van der Waals surface area contributed by atoms with Gasteiger partial charge in [-0.1, -0.05) is 120 Å². The first kappa shape index (κ1) is 24.7. The lowest BCUT2D eigenvalue weighted by Crippen LogP contribution is -2.30. The maximum absolute atomic E-state index is 13.3. The van der Waals surface area contributed by atoms with Crippen molar-refractivity contribution >= 4 is 46.0 Å². The summed E-state index contributed by atoms with van der Waals surface area (Å²) in [5.74, 6) is -0.965. The number of carbonyl (C=O) groups is 2. The van der Waals surface area contributed by atoms with Gasteiger partial charge in [-0.25, -0.2) is 0 Å². The summed E-state index contributed by atoms with van der Waals surface area (Å²) in [7, 11) is 0. The molecule has 6 nitrogen and oxygen atoms in total. The first-order valence-corrected chi connectivity index (χ1v) is 13.4. The van der Waals surface area contributed by atoms with E-state index < -0.39 is 23.5 Å². The molecular formula is C29H23N3O3S2. The van der Waals surface area contributed by atoms with Gasteiger partial charge < -0.3 is 5.11 Å². The molecule has 0 fully saturated rings. The third-order valence-corrected chi connectivity index (χ3v) is 8.03. The van der Waals surface area contributed by atoms with Crippen molar-refractivity contribution in [2.45, 2.75) is 23.1 Å². The molecule has 37 heavy (non-hydrogen) atoms. The first-order chi connectivity index (χ1) is 18.0. The average molecular weight is 526 g/mol. The second kappa shape index (κ2) is 10.9. The predicted octanol–water partition coefficient (Wildman–Crippen LogP) is 6.32. The molecule has 0 bridgehead atoms. The lowest BCUT2D eigenvalue weighted by Gasteiger charge is -2.23. The molecule has 1 unspecified atom stereocenters. The van der Waals surface area contributed by atoms with Crippen LogP contribution in [0.4, 0.5) is 5.13 Å². The Morgan fingerprint density at radius 2 is 1.68 bits per heavy atom. The number of aliphatic hydroxyl groups is 1. The summed E-state index contributed by atoms with van der Waals surface area (Å²) in [5, 5.41) is 19.7. The van der Waals surface area contributed by atoms with Crippen LogP contribution in [0.3, 0.4) is 0 Å². The summed E-state index contributed by atoms with van der Waals surface area (Å²) in [6, 6.07) is 26.1. The largest absolute Gasteiger partial charge is 0.503 e. The van der Waals surface area contributed by atoms with Gasteiger partial charge >= 0.3 is 0 Å². The molecule has 0 saturated carbocycles. The van der Waals surface area contributed by atoms with Gasteiger partial charge in [0.25, 0.3) is 5.91 Å². The minimum absolute atomic E-state index is 0.0229. The third-order valence-electron chi connectivity index (χ3n) is 5.90. The lowest BCUT2D eigenvalue weighted by atomic mass is 9.95. The van der Waals surface area contributed by atoms with Crippen molar-refractivity contribution in [3.05, 3.63) is 125 Å². The molecule has 1 atom stereocenters. The molecule has 1 aliphatic rings. The standard InChI is InChI=1S/C29H23N3O3S2/c1-19-12-15-22(16-13-19)25-24(23(33)17-14-20-8-4-2-5-9-20)26(34)27(35)32(25)28-30-31-29(37-28)36-18-21-10-6-3-7-11-21/h2-17,25,34H,18H2,1H3/b17-14+. The predicted molar refractivity (Wildman–Crippen MR) is 147 cm³/mol.